The summed E-state index contributed by atoms with van der Waals surface area (Å²) in [4.78, 5) is 0. The maximum atomic E-state index is 13.2. The van der Waals surface area contributed by atoms with Crippen LogP contribution in [0.4, 0.5) is 4.39 Å². The fourth-order valence-electron chi connectivity index (χ4n) is 2.03. The molecule has 0 saturated carbocycles. The Hall–Kier alpha value is -1.43. The van der Waals surface area contributed by atoms with Gasteiger partial charge in [-0.15, -0.1) is 0 Å². The molecule has 0 saturated heterocycles. The fraction of sp³-hybridized carbons (Fsp3) is 0.250. The molecule has 1 unspecified atom stereocenters. The first-order valence-corrected chi connectivity index (χ1v) is 7.56. The summed E-state index contributed by atoms with van der Waals surface area (Å²) in [6.07, 6.45) is 1.48. The Labute approximate surface area is 132 Å². The van der Waals surface area contributed by atoms with Crippen molar-refractivity contribution in [3.63, 3.8) is 0 Å². The highest BCUT2D eigenvalue weighted by molar-refractivity contribution is 9.10. The molecule has 0 heterocycles. The van der Waals surface area contributed by atoms with Crippen molar-refractivity contribution in [2.75, 3.05) is 6.61 Å². The van der Waals surface area contributed by atoms with Crippen LogP contribution >= 0.6 is 15.9 Å². The van der Waals surface area contributed by atoms with Crippen molar-refractivity contribution in [2.45, 2.75) is 18.9 Å². The summed E-state index contributed by atoms with van der Waals surface area (Å²) in [6.45, 7) is 0.571. The molecule has 0 aliphatic carbocycles. The first kappa shape index (κ1) is 15.9. The van der Waals surface area contributed by atoms with E-state index in [0.717, 1.165) is 17.7 Å². The Kier molecular flexibility index (Phi) is 6.17. The Balaban J connectivity index is 1.84. The minimum atomic E-state index is -0.261. The predicted molar refractivity (Wildman–Crippen MR) is 85.5 cm³/mol. The van der Waals surface area contributed by atoms with Gasteiger partial charge in [0.2, 0.25) is 0 Å². The minimum absolute atomic E-state index is 0.0751. The van der Waals surface area contributed by atoms with E-state index in [1.807, 2.05) is 30.3 Å². The second-order valence-electron chi connectivity index (χ2n) is 4.77. The second kappa shape index (κ2) is 8.12. The zero-order valence-corrected chi connectivity index (χ0v) is 13.1. The van der Waals surface area contributed by atoms with Crippen molar-refractivity contribution in [1.29, 1.82) is 0 Å². The van der Waals surface area contributed by atoms with E-state index < -0.39 is 0 Å². The van der Waals surface area contributed by atoms with Gasteiger partial charge < -0.3 is 4.74 Å². The molecule has 0 aliphatic heterocycles. The molecule has 2 aromatic carbocycles. The molecular weight excluding hydrogens is 335 g/mol. The maximum absolute atomic E-state index is 13.2. The molecule has 0 fully saturated rings. The third-order valence-corrected chi connectivity index (χ3v) is 3.79. The number of nitrogens with two attached hydrogens (primary N) is 1. The molecule has 112 valence electrons. The topological polar surface area (TPSA) is 47.3 Å². The number of hydrogen-bond donors (Lipinski definition) is 2. The molecular formula is C16H18BrFN2O. The third-order valence-electron chi connectivity index (χ3n) is 3.18. The number of halogens is 2. The summed E-state index contributed by atoms with van der Waals surface area (Å²) in [7, 11) is 0. The van der Waals surface area contributed by atoms with Gasteiger partial charge in [0.1, 0.15) is 11.6 Å². The number of hydrazine groups is 1. The molecule has 3 N–H and O–H groups in total. The Morgan fingerprint density at radius 1 is 1.19 bits per heavy atom. The number of benzene rings is 2. The van der Waals surface area contributed by atoms with E-state index in [4.69, 9.17) is 10.6 Å². The lowest BCUT2D eigenvalue weighted by Gasteiger charge is -2.16. The molecule has 3 nitrogen and oxygen atoms in total. The van der Waals surface area contributed by atoms with Gasteiger partial charge in [-0.3, -0.25) is 11.3 Å². The Morgan fingerprint density at radius 2 is 1.95 bits per heavy atom. The summed E-state index contributed by atoms with van der Waals surface area (Å²) in [5, 5.41) is 0. The van der Waals surface area contributed by atoms with Crippen molar-refractivity contribution < 1.29 is 9.13 Å². The number of rotatable bonds is 7. The van der Waals surface area contributed by atoms with E-state index in [-0.39, 0.29) is 11.9 Å². The van der Waals surface area contributed by atoms with Gasteiger partial charge in [0.15, 0.2) is 0 Å². The number of para-hydroxylation sites is 1. The van der Waals surface area contributed by atoms with Crippen LogP contribution in [0, 0.1) is 5.82 Å². The van der Waals surface area contributed by atoms with Crippen LogP contribution in [0.5, 0.6) is 5.75 Å². The lowest BCUT2D eigenvalue weighted by molar-refractivity contribution is 0.285. The molecule has 0 amide bonds. The van der Waals surface area contributed by atoms with Crippen molar-refractivity contribution in [3.8, 4) is 5.75 Å². The smallest absolute Gasteiger partial charge is 0.137 e. The minimum Gasteiger partial charge on any atom is -0.494 e. The predicted octanol–water partition coefficient (Wildman–Crippen LogP) is 3.43. The Morgan fingerprint density at radius 3 is 2.62 bits per heavy atom. The van der Waals surface area contributed by atoms with E-state index in [0.29, 0.717) is 17.5 Å². The van der Waals surface area contributed by atoms with Crippen LogP contribution in [0.25, 0.3) is 0 Å². The van der Waals surface area contributed by atoms with E-state index in [1.165, 1.54) is 6.07 Å². The first-order valence-electron chi connectivity index (χ1n) is 6.77. The second-order valence-corrected chi connectivity index (χ2v) is 5.62. The Bertz CT molecular complexity index is 565. The van der Waals surface area contributed by atoms with Crippen LogP contribution in [-0.2, 0) is 6.42 Å². The van der Waals surface area contributed by atoms with Crippen LogP contribution in [0.3, 0.4) is 0 Å². The molecule has 2 aromatic rings. The van der Waals surface area contributed by atoms with Gasteiger partial charge in [-0.1, -0.05) is 24.3 Å². The van der Waals surface area contributed by atoms with Gasteiger partial charge in [0.25, 0.3) is 0 Å². The summed E-state index contributed by atoms with van der Waals surface area (Å²) >= 11 is 3.19. The van der Waals surface area contributed by atoms with Gasteiger partial charge in [-0.2, -0.15) is 0 Å². The van der Waals surface area contributed by atoms with Crippen LogP contribution in [0.1, 0.15) is 12.0 Å². The maximum Gasteiger partial charge on any atom is 0.137 e. The quantitative estimate of drug-likeness (QED) is 0.592. The number of hydrogen-bond acceptors (Lipinski definition) is 3. The highest BCUT2D eigenvalue weighted by Gasteiger charge is 2.09. The summed E-state index contributed by atoms with van der Waals surface area (Å²) in [5.41, 5.74) is 3.80. The third kappa shape index (κ3) is 5.12. The standard InChI is InChI=1S/C16H18BrFN2O/c17-15-11-12(6-7-16(15)18)10-13(20-19)8-9-21-14-4-2-1-3-5-14/h1-7,11,13,20H,8-10,19H2. The zero-order chi connectivity index (χ0) is 15.1. The van der Waals surface area contributed by atoms with Gasteiger partial charge in [-0.05, 0) is 58.6 Å². The van der Waals surface area contributed by atoms with Crippen molar-refractivity contribution >= 4 is 15.9 Å². The average molecular weight is 353 g/mol. The molecule has 0 aromatic heterocycles. The summed E-state index contributed by atoms with van der Waals surface area (Å²) in [5.74, 6) is 6.16. The summed E-state index contributed by atoms with van der Waals surface area (Å²) in [6, 6.07) is 14.7. The molecule has 0 aliphatic rings. The van der Waals surface area contributed by atoms with Crippen LogP contribution < -0.4 is 16.0 Å². The SMILES string of the molecule is NNC(CCOc1ccccc1)Cc1ccc(F)c(Br)c1. The first-order chi connectivity index (χ1) is 10.2. The number of nitrogens with one attached hydrogen (secondary N) is 1. The summed E-state index contributed by atoms with van der Waals surface area (Å²) < 4.78 is 19.3. The van der Waals surface area contributed by atoms with Crippen molar-refractivity contribution in [1.82, 2.24) is 5.43 Å². The normalized spacial score (nSPS) is 12.1. The van der Waals surface area contributed by atoms with E-state index in [2.05, 4.69) is 21.4 Å². The van der Waals surface area contributed by atoms with Gasteiger partial charge in [0.05, 0.1) is 11.1 Å². The lowest BCUT2D eigenvalue weighted by Crippen LogP contribution is -2.37. The molecule has 5 heteroatoms. The van der Waals surface area contributed by atoms with Crippen LogP contribution in [0.15, 0.2) is 53.0 Å². The molecule has 1 atom stereocenters. The molecule has 0 bridgehead atoms. The average Bonchev–Trinajstić information content (AvgIpc) is 2.51. The number of ether oxygens (including phenoxy) is 1. The zero-order valence-electron chi connectivity index (χ0n) is 11.6. The fourth-order valence-corrected chi connectivity index (χ4v) is 2.46. The monoisotopic (exact) mass is 352 g/mol. The van der Waals surface area contributed by atoms with Crippen molar-refractivity contribution in [3.05, 3.63) is 64.4 Å². The van der Waals surface area contributed by atoms with Gasteiger partial charge >= 0.3 is 0 Å². The molecule has 0 radical (unpaired) electrons. The van der Waals surface area contributed by atoms with Gasteiger partial charge in [-0.25, -0.2) is 4.39 Å². The lowest BCUT2D eigenvalue weighted by atomic mass is 10.0. The van der Waals surface area contributed by atoms with Crippen LogP contribution in [0.2, 0.25) is 0 Å². The van der Waals surface area contributed by atoms with E-state index >= 15 is 0 Å². The molecule has 0 spiro atoms. The largest absolute Gasteiger partial charge is 0.494 e. The van der Waals surface area contributed by atoms with E-state index in [1.54, 1.807) is 12.1 Å². The highest BCUT2D eigenvalue weighted by atomic mass is 79.9. The van der Waals surface area contributed by atoms with E-state index in [9.17, 15) is 4.39 Å². The highest BCUT2D eigenvalue weighted by Crippen LogP contribution is 2.18. The molecule has 21 heavy (non-hydrogen) atoms. The molecule has 2 rings (SSSR count). The van der Waals surface area contributed by atoms with Crippen molar-refractivity contribution in [2.24, 2.45) is 5.84 Å². The van der Waals surface area contributed by atoms with Gasteiger partial charge in [0, 0.05) is 6.04 Å². The van der Waals surface area contributed by atoms with Crippen LogP contribution in [-0.4, -0.2) is 12.6 Å².